The maximum atomic E-state index is 13.7. The summed E-state index contributed by atoms with van der Waals surface area (Å²) in [6.45, 7) is 1.34. The Morgan fingerprint density at radius 3 is 2.37 bits per heavy atom. The van der Waals surface area contributed by atoms with Crippen LogP contribution in [0.4, 0.5) is 11.4 Å². The van der Waals surface area contributed by atoms with Crippen LogP contribution < -0.4 is 20.1 Å². The van der Waals surface area contributed by atoms with E-state index < -0.39 is 12.0 Å². The number of carbonyl (C=O) groups is 2. The Balaban J connectivity index is 1.59. The number of carbonyl (C=O) groups excluding carboxylic acids is 2. The zero-order valence-electron chi connectivity index (χ0n) is 19.4. The Morgan fingerprint density at radius 1 is 0.943 bits per heavy atom. The first-order chi connectivity index (χ1) is 16.9. The molecule has 0 spiro atoms. The Hall–Kier alpha value is -3.77. The number of rotatable bonds is 4. The van der Waals surface area contributed by atoms with Gasteiger partial charge in [-0.25, -0.2) is 0 Å². The van der Waals surface area contributed by atoms with Crippen LogP contribution in [0.25, 0.3) is 0 Å². The summed E-state index contributed by atoms with van der Waals surface area (Å²) >= 11 is 6.08. The number of methoxy groups -OCH3 is 1. The van der Waals surface area contributed by atoms with Crippen LogP contribution in [-0.2, 0) is 9.59 Å². The van der Waals surface area contributed by atoms with Gasteiger partial charge < -0.3 is 20.1 Å². The van der Waals surface area contributed by atoms with Gasteiger partial charge in [-0.1, -0.05) is 41.9 Å². The third-order valence-electron chi connectivity index (χ3n) is 6.43. The number of hydrogen-bond acceptors (Lipinski definition) is 6. The number of fused-ring (bicyclic) bond motifs is 1. The second kappa shape index (κ2) is 9.47. The highest BCUT2D eigenvalue weighted by Gasteiger charge is 2.36. The molecule has 2 unspecified atom stereocenters. The number of para-hydroxylation sites is 2. The van der Waals surface area contributed by atoms with Crippen molar-refractivity contribution >= 4 is 34.7 Å². The minimum absolute atomic E-state index is 0.0535. The van der Waals surface area contributed by atoms with Crippen LogP contribution in [0.3, 0.4) is 0 Å². The first kappa shape index (κ1) is 23.0. The molecule has 0 fully saturated rings. The second-order valence-corrected chi connectivity index (χ2v) is 9.16. The predicted molar refractivity (Wildman–Crippen MR) is 136 cm³/mol. The maximum Gasteiger partial charge on any atom is 0.308 e. The molecule has 2 atom stereocenters. The van der Waals surface area contributed by atoms with E-state index in [1.807, 2.05) is 60.7 Å². The van der Waals surface area contributed by atoms with E-state index in [1.54, 1.807) is 6.07 Å². The molecule has 0 bridgehead atoms. The topological polar surface area (TPSA) is 76.7 Å². The van der Waals surface area contributed by atoms with E-state index in [0.717, 1.165) is 28.2 Å². The SMILES string of the molecule is COc1cc(C2Nc3ccccc3NC3=C2C(=O)CC(c2ccc(Cl)cc2)C3)ccc1OC(C)=O. The molecule has 35 heavy (non-hydrogen) atoms. The number of esters is 1. The number of hydrogen-bond donors (Lipinski definition) is 2. The fourth-order valence-electron chi connectivity index (χ4n) is 4.82. The van der Waals surface area contributed by atoms with Crippen molar-refractivity contribution in [3.8, 4) is 11.5 Å². The highest BCUT2D eigenvalue weighted by atomic mass is 35.5. The van der Waals surface area contributed by atoms with E-state index in [0.29, 0.717) is 34.9 Å². The predicted octanol–water partition coefficient (Wildman–Crippen LogP) is 6.25. The highest BCUT2D eigenvalue weighted by molar-refractivity contribution is 6.30. The van der Waals surface area contributed by atoms with Crippen LogP contribution in [-0.4, -0.2) is 18.9 Å². The summed E-state index contributed by atoms with van der Waals surface area (Å²) in [4.78, 5) is 25.2. The number of allylic oxidation sites excluding steroid dienone is 1. The lowest BCUT2D eigenvalue weighted by atomic mass is 9.78. The highest BCUT2D eigenvalue weighted by Crippen LogP contribution is 2.45. The fraction of sp³-hybridized carbons (Fsp3) is 0.214. The first-order valence-electron chi connectivity index (χ1n) is 11.4. The van der Waals surface area contributed by atoms with Gasteiger partial charge in [0.15, 0.2) is 17.3 Å². The van der Waals surface area contributed by atoms with Crippen molar-refractivity contribution in [1.29, 1.82) is 0 Å². The largest absolute Gasteiger partial charge is 0.493 e. The molecule has 1 aliphatic heterocycles. The van der Waals surface area contributed by atoms with E-state index in [4.69, 9.17) is 21.1 Å². The third kappa shape index (κ3) is 4.62. The normalized spacial score (nSPS) is 19.0. The van der Waals surface area contributed by atoms with Gasteiger partial charge in [-0.3, -0.25) is 9.59 Å². The van der Waals surface area contributed by atoms with E-state index in [9.17, 15) is 9.59 Å². The average molecular weight is 489 g/mol. The summed E-state index contributed by atoms with van der Waals surface area (Å²) < 4.78 is 10.8. The minimum atomic E-state index is -0.428. The van der Waals surface area contributed by atoms with Gasteiger partial charge in [-0.2, -0.15) is 0 Å². The molecule has 1 aliphatic carbocycles. The van der Waals surface area contributed by atoms with Crippen molar-refractivity contribution in [2.75, 3.05) is 17.7 Å². The van der Waals surface area contributed by atoms with Crippen molar-refractivity contribution in [2.24, 2.45) is 0 Å². The van der Waals surface area contributed by atoms with Gasteiger partial charge in [-0.15, -0.1) is 0 Å². The summed E-state index contributed by atoms with van der Waals surface area (Å²) in [6.07, 6.45) is 1.09. The summed E-state index contributed by atoms with van der Waals surface area (Å²) in [5.41, 5.74) is 5.33. The molecule has 3 aromatic rings. The van der Waals surface area contributed by atoms with Crippen molar-refractivity contribution in [1.82, 2.24) is 0 Å². The smallest absolute Gasteiger partial charge is 0.308 e. The van der Waals surface area contributed by atoms with Crippen LogP contribution >= 0.6 is 11.6 Å². The molecule has 1 heterocycles. The van der Waals surface area contributed by atoms with Crippen LogP contribution in [0, 0.1) is 0 Å². The standard InChI is InChI=1S/C28H25ClN2O4/c1-16(32)35-25-12-9-18(15-26(25)34-2)28-27-23(30-21-5-3-4-6-22(21)31-28)13-19(14-24(27)33)17-7-10-20(29)11-8-17/h3-12,15,19,28,30-31H,13-14H2,1-2H3. The molecule has 2 N–H and O–H groups in total. The molecule has 0 amide bonds. The quantitative estimate of drug-likeness (QED) is 0.334. The van der Waals surface area contributed by atoms with Gasteiger partial charge in [-0.05, 0) is 59.9 Å². The monoisotopic (exact) mass is 488 g/mol. The van der Waals surface area contributed by atoms with Crippen LogP contribution in [0.1, 0.15) is 42.9 Å². The van der Waals surface area contributed by atoms with Crippen LogP contribution in [0.15, 0.2) is 78.0 Å². The van der Waals surface area contributed by atoms with E-state index in [2.05, 4.69) is 10.6 Å². The molecule has 5 rings (SSSR count). The Kier molecular flexibility index (Phi) is 6.22. The maximum absolute atomic E-state index is 13.7. The minimum Gasteiger partial charge on any atom is -0.493 e. The van der Waals surface area contributed by atoms with E-state index in [-0.39, 0.29) is 11.7 Å². The molecule has 0 saturated carbocycles. The molecule has 0 saturated heterocycles. The third-order valence-corrected chi connectivity index (χ3v) is 6.68. The van der Waals surface area contributed by atoms with Gasteiger partial charge >= 0.3 is 5.97 Å². The Labute approximate surface area is 208 Å². The van der Waals surface area contributed by atoms with Gasteiger partial charge in [0.05, 0.1) is 24.5 Å². The van der Waals surface area contributed by atoms with Crippen molar-refractivity contribution in [3.63, 3.8) is 0 Å². The Bertz CT molecular complexity index is 1330. The number of Topliss-reactive ketones (excluding diaryl/α,β-unsaturated/α-hetero) is 1. The lowest BCUT2D eigenvalue weighted by Crippen LogP contribution is -2.27. The number of benzene rings is 3. The molecule has 178 valence electrons. The van der Waals surface area contributed by atoms with E-state index >= 15 is 0 Å². The molecule has 0 radical (unpaired) electrons. The van der Waals surface area contributed by atoms with Crippen LogP contribution in [0.5, 0.6) is 11.5 Å². The molecular weight excluding hydrogens is 464 g/mol. The number of halogens is 1. The number of ketones is 1. The first-order valence-corrected chi connectivity index (χ1v) is 11.8. The molecule has 7 heteroatoms. The molecular formula is C28H25ClN2O4. The van der Waals surface area contributed by atoms with E-state index in [1.165, 1.54) is 14.0 Å². The fourth-order valence-corrected chi connectivity index (χ4v) is 4.94. The molecule has 0 aromatic heterocycles. The van der Waals surface area contributed by atoms with Crippen molar-refractivity contribution in [3.05, 3.63) is 94.1 Å². The van der Waals surface area contributed by atoms with Crippen molar-refractivity contribution in [2.45, 2.75) is 31.7 Å². The van der Waals surface area contributed by atoms with Gasteiger partial charge in [0.1, 0.15) is 0 Å². The summed E-state index contributed by atoms with van der Waals surface area (Å²) in [5, 5.41) is 7.77. The number of anilines is 2. The zero-order chi connectivity index (χ0) is 24.5. The molecule has 2 aliphatic rings. The summed E-state index contributed by atoms with van der Waals surface area (Å²) in [6, 6.07) is 20.6. The Morgan fingerprint density at radius 2 is 1.66 bits per heavy atom. The van der Waals surface area contributed by atoms with Crippen molar-refractivity contribution < 1.29 is 19.1 Å². The van der Waals surface area contributed by atoms with Gasteiger partial charge in [0, 0.05) is 29.6 Å². The van der Waals surface area contributed by atoms with Gasteiger partial charge in [0.2, 0.25) is 0 Å². The zero-order valence-corrected chi connectivity index (χ0v) is 20.2. The number of ether oxygens (including phenoxy) is 2. The molecule has 6 nitrogen and oxygen atoms in total. The lowest BCUT2D eigenvalue weighted by Gasteiger charge is -2.30. The lowest BCUT2D eigenvalue weighted by molar-refractivity contribution is -0.132. The summed E-state index contributed by atoms with van der Waals surface area (Å²) in [5.74, 6) is 0.463. The second-order valence-electron chi connectivity index (χ2n) is 8.72. The summed E-state index contributed by atoms with van der Waals surface area (Å²) in [7, 11) is 1.52. The average Bonchev–Trinajstić information content (AvgIpc) is 3.01. The molecule has 3 aromatic carbocycles. The number of nitrogens with one attached hydrogen (secondary N) is 2. The van der Waals surface area contributed by atoms with Gasteiger partial charge in [0.25, 0.3) is 0 Å². The van der Waals surface area contributed by atoms with Crippen LogP contribution in [0.2, 0.25) is 5.02 Å².